The number of nitrogens with one attached hydrogen (secondary N) is 2. The lowest BCUT2D eigenvalue weighted by atomic mass is 10.1. The third kappa shape index (κ3) is 5.15. The van der Waals surface area contributed by atoms with Gasteiger partial charge in [0.25, 0.3) is 5.91 Å². The molecule has 2 heterocycles. The lowest BCUT2D eigenvalue weighted by Gasteiger charge is -2.14. The summed E-state index contributed by atoms with van der Waals surface area (Å²) >= 11 is 6.45. The van der Waals surface area contributed by atoms with Crippen molar-refractivity contribution < 1.29 is 19.1 Å². The van der Waals surface area contributed by atoms with Crippen molar-refractivity contribution in [2.45, 2.75) is 6.42 Å². The highest BCUT2D eigenvalue weighted by atomic mass is 32.2. The van der Waals surface area contributed by atoms with E-state index >= 15 is 0 Å². The highest BCUT2D eigenvalue weighted by Gasteiger charge is 2.33. The monoisotopic (exact) mass is 432 g/mol. The average molecular weight is 433 g/mol. The number of thioether (sulfide) groups is 1. The lowest BCUT2D eigenvalue weighted by molar-refractivity contribution is -0.128. The van der Waals surface area contributed by atoms with Crippen molar-refractivity contribution in [1.29, 1.82) is 0 Å². The molecule has 0 spiro atoms. The van der Waals surface area contributed by atoms with Gasteiger partial charge in [-0.3, -0.25) is 14.5 Å². The number of nitrogens with zero attached hydrogens (tertiary/aromatic N) is 2. The molecule has 0 radical (unpaired) electrons. The topological polar surface area (TPSA) is 96.5 Å². The summed E-state index contributed by atoms with van der Waals surface area (Å²) < 4.78 is 10.9. The molecule has 10 heteroatoms. The second kappa shape index (κ2) is 9.57. The maximum Gasteiger partial charge on any atom is 0.266 e. The van der Waals surface area contributed by atoms with Gasteiger partial charge < -0.3 is 19.8 Å². The van der Waals surface area contributed by atoms with E-state index in [9.17, 15) is 9.59 Å². The maximum absolute atomic E-state index is 12.7. The Labute approximate surface area is 177 Å². The smallest absolute Gasteiger partial charge is 0.266 e. The molecule has 0 bridgehead atoms. The van der Waals surface area contributed by atoms with E-state index in [1.807, 2.05) is 0 Å². The zero-order valence-electron chi connectivity index (χ0n) is 15.9. The van der Waals surface area contributed by atoms with Crippen molar-refractivity contribution in [2.24, 2.45) is 0 Å². The van der Waals surface area contributed by atoms with E-state index in [1.54, 1.807) is 51.0 Å². The molecule has 3 rings (SSSR count). The van der Waals surface area contributed by atoms with Crippen LogP contribution in [-0.4, -0.2) is 58.3 Å². The lowest BCUT2D eigenvalue weighted by Crippen LogP contribution is -2.40. The van der Waals surface area contributed by atoms with Gasteiger partial charge in [-0.05, 0) is 18.2 Å². The van der Waals surface area contributed by atoms with E-state index in [1.165, 1.54) is 4.90 Å². The number of rotatable bonds is 8. The molecule has 1 aliphatic rings. The van der Waals surface area contributed by atoms with Crippen LogP contribution in [0.15, 0.2) is 35.6 Å². The molecule has 1 aliphatic heterocycles. The molecular formula is C19H20N4O4S2. The number of imidazole rings is 1. The molecule has 0 saturated carbocycles. The number of H-pyrrole nitrogens is 1. The molecule has 0 atom stereocenters. The number of amides is 2. The van der Waals surface area contributed by atoms with Gasteiger partial charge in [0.2, 0.25) is 5.91 Å². The number of carbonyl (C=O) groups is 2. The van der Waals surface area contributed by atoms with Crippen LogP contribution in [0.4, 0.5) is 0 Å². The molecule has 1 aromatic carbocycles. The van der Waals surface area contributed by atoms with Crippen LogP contribution in [0.25, 0.3) is 6.08 Å². The number of hydrogen-bond acceptors (Lipinski definition) is 7. The number of hydrogen-bond donors (Lipinski definition) is 2. The normalized spacial score (nSPS) is 15.1. The second-order valence-corrected chi connectivity index (χ2v) is 7.73. The Hall–Kier alpha value is -2.85. The van der Waals surface area contributed by atoms with Gasteiger partial charge in [0, 0.05) is 36.5 Å². The number of carbonyl (C=O) groups excluding carboxylic acids is 2. The minimum absolute atomic E-state index is 0.120. The fourth-order valence-electron chi connectivity index (χ4n) is 2.67. The number of aromatic nitrogens is 2. The van der Waals surface area contributed by atoms with Crippen LogP contribution in [0.2, 0.25) is 0 Å². The van der Waals surface area contributed by atoms with Gasteiger partial charge in [0.15, 0.2) is 0 Å². The number of ether oxygens (including phenoxy) is 2. The standard InChI is InChI=1S/C19H20N4O4S2/c1-26-14-4-3-12(15(8-14)27-2)7-16-18(25)23(19(28)29-16)10-17(24)21-6-5-13-9-20-11-22-13/h3-4,7-9,11H,5-6,10H2,1-2H3,(H,20,22)(H,21,24). The molecular weight excluding hydrogens is 412 g/mol. The number of thiocarbonyl (C=S) groups is 1. The quantitative estimate of drug-likeness (QED) is 0.486. The van der Waals surface area contributed by atoms with Crippen molar-refractivity contribution in [3.05, 3.63) is 46.9 Å². The molecule has 152 valence electrons. The predicted octanol–water partition coefficient (Wildman–Crippen LogP) is 1.99. The van der Waals surface area contributed by atoms with Crippen LogP contribution in [0, 0.1) is 0 Å². The summed E-state index contributed by atoms with van der Waals surface area (Å²) in [5, 5.41) is 2.78. The Bertz CT molecular complexity index is 944. The molecule has 8 nitrogen and oxygen atoms in total. The van der Waals surface area contributed by atoms with Crippen molar-refractivity contribution in [2.75, 3.05) is 27.3 Å². The van der Waals surface area contributed by atoms with Crippen LogP contribution in [0.5, 0.6) is 11.5 Å². The molecule has 1 fully saturated rings. The minimum Gasteiger partial charge on any atom is -0.497 e. The molecule has 0 aliphatic carbocycles. The van der Waals surface area contributed by atoms with Gasteiger partial charge in [-0.1, -0.05) is 24.0 Å². The molecule has 2 amide bonds. The molecule has 1 aromatic heterocycles. The average Bonchev–Trinajstić information content (AvgIpc) is 3.32. The van der Waals surface area contributed by atoms with Crippen molar-refractivity contribution in [3.63, 3.8) is 0 Å². The summed E-state index contributed by atoms with van der Waals surface area (Å²) in [6.45, 7) is 0.319. The molecule has 2 aromatic rings. The number of methoxy groups -OCH3 is 2. The first-order valence-electron chi connectivity index (χ1n) is 8.73. The van der Waals surface area contributed by atoms with E-state index in [2.05, 4.69) is 15.3 Å². The Kier molecular flexibility index (Phi) is 6.89. The SMILES string of the molecule is COc1ccc(C=C2SC(=S)N(CC(=O)NCCc3cnc[nH]3)C2=O)c(OC)c1. The highest BCUT2D eigenvalue weighted by molar-refractivity contribution is 8.26. The first kappa shape index (κ1) is 20.9. The Morgan fingerprint density at radius 1 is 1.38 bits per heavy atom. The summed E-state index contributed by atoms with van der Waals surface area (Å²) in [5.41, 5.74) is 1.64. The van der Waals surface area contributed by atoms with Gasteiger partial charge >= 0.3 is 0 Å². The number of aromatic amines is 1. The van der Waals surface area contributed by atoms with Crippen LogP contribution < -0.4 is 14.8 Å². The summed E-state index contributed by atoms with van der Waals surface area (Å²) in [6, 6.07) is 5.31. The number of benzene rings is 1. The first-order chi connectivity index (χ1) is 14.0. The summed E-state index contributed by atoms with van der Waals surface area (Å²) in [6.07, 6.45) is 5.61. The largest absolute Gasteiger partial charge is 0.497 e. The first-order valence-corrected chi connectivity index (χ1v) is 9.95. The summed E-state index contributed by atoms with van der Waals surface area (Å²) in [7, 11) is 3.12. The van der Waals surface area contributed by atoms with Gasteiger partial charge in [-0.15, -0.1) is 0 Å². The van der Waals surface area contributed by atoms with Crippen LogP contribution in [-0.2, 0) is 16.0 Å². The predicted molar refractivity (Wildman–Crippen MR) is 115 cm³/mol. The summed E-state index contributed by atoms with van der Waals surface area (Å²) in [5.74, 6) is 0.648. The fourth-order valence-corrected chi connectivity index (χ4v) is 3.92. The minimum atomic E-state index is -0.304. The van der Waals surface area contributed by atoms with E-state index in [4.69, 9.17) is 21.7 Å². The van der Waals surface area contributed by atoms with Gasteiger partial charge in [-0.2, -0.15) is 0 Å². The highest BCUT2D eigenvalue weighted by Crippen LogP contribution is 2.35. The fraction of sp³-hybridized carbons (Fsp3) is 0.263. The molecule has 2 N–H and O–H groups in total. The Balaban J connectivity index is 1.63. The van der Waals surface area contributed by atoms with Gasteiger partial charge in [0.1, 0.15) is 22.4 Å². The zero-order chi connectivity index (χ0) is 20.8. The van der Waals surface area contributed by atoms with Crippen molar-refractivity contribution >= 4 is 46.2 Å². The third-order valence-electron chi connectivity index (χ3n) is 4.17. The zero-order valence-corrected chi connectivity index (χ0v) is 17.6. The van der Waals surface area contributed by atoms with E-state index in [0.29, 0.717) is 33.7 Å². The Morgan fingerprint density at radius 2 is 2.21 bits per heavy atom. The Morgan fingerprint density at radius 3 is 2.90 bits per heavy atom. The third-order valence-corrected chi connectivity index (χ3v) is 5.55. The van der Waals surface area contributed by atoms with Crippen LogP contribution in [0.3, 0.4) is 0 Å². The molecule has 1 saturated heterocycles. The molecule has 29 heavy (non-hydrogen) atoms. The molecule has 0 unspecified atom stereocenters. The second-order valence-electron chi connectivity index (χ2n) is 6.05. The van der Waals surface area contributed by atoms with E-state index in [-0.39, 0.29) is 18.4 Å². The van der Waals surface area contributed by atoms with Gasteiger partial charge in [-0.25, -0.2) is 4.98 Å². The van der Waals surface area contributed by atoms with E-state index in [0.717, 1.165) is 23.0 Å². The maximum atomic E-state index is 12.7. The van der Waals surface area contributed by atoms with Crippen molar-refractivity contribution in [1.82, 2.24) is 20.2 Å². The van der Waals surface area contributed by atoms with Crippen LogP contribution in [0.1, 0.15) is 11.3 Å². The van der Waals surface area contributed by atoms with E-state index < -0.39 is 0 Å². The van der Waals surface area contributed by atoms with Crippen molar-refractivity contribution in [3.8, 4) is 11.5 Å². The van der Waals surface area contributed by atoms with Gasteiger partial charge in [0.05, 0.1) is 25.5 Å². The van der Waals surface area contributed by atoms with Crippen LogP contribution >= 0.6 is 24.0 Å². The summed E-state index contributed by atoms with van der Waals surface area (Å²) in [4.78, 5) is 33.6.